The van der Waals surface area contributed by atoms with Gasteiger partial charge >= 0.3 is 0 Å². The van der Waals surface area contributed by atoms with Gasteiger partial charge in [0.05, 0.1) is 0 Å². The van der Waals surface area contributed by atoms with Gasteiger partial charge in [-0.2, -0.15) is 0 Å². The maximum absolute atomic E-state index is 12.0. The minimum atomic E-state index is -0.573. The molecule has 4 heteroatoms. The van der Waals surface area contributed by atoms with Crippen molar-refractivity contribution >= 4 is 0 Å². The van der Waals surface area contributed by atoms with Gasteiger partial charge in [-0.05, 0) is 26.2 Å². The van der Waals surface area contributed by atoms with Gasteiger partial charge in [-0.3, -0.25) is 9.36 Å². The number of aromatic nitrogens is 2. The van der Waals surface area contributed by atoms with Crippen molar-refractivity contribution in [2.75, 3.05) is 0 Å². The second-order valence-corrected chi connectivity index (χ2v) is 4.00. The summed E-state index contributed by atoms with van der Waals surface area (Å²) in [5, 5.41) is 9.75. The number of aryl methyl sites for hydroxylation is 1. The first-order valence-corrected chi connectivity index (χ1v) is 5.43. The van der Waals surface area contributed by atoms with Crippen molar-refractivity contribution in [1.29, 1.82) is 0 Å². The molecule has 0 aliphatic carbocycles. The molecule has 0 bridgehead atoms. The maximum Gasteiger partial charge on any atom is 0.256 e. The van der Waals surface area contributed by atoms with Gasteiger partial charge < -0.3 is 5.11 Å². The summed E-state index contributed by atoms with van der Waals surface area (Å²) in [6.45, 7) is 4.48. The number of fused-ring (bicyclic) bond motifs is 1. The van der Waals surface area contributed by atoms with E-state index in [1.54, 1.807) is 4.57 Å². The van der Waals surface area contributed by atoms with E-state index in [1.807, 2.05) is 13.8 Å². The third kappa shape index (κ3) is 1.59. The Balaban J connectivity index is 2.66. The van der Waals surface area contributed by atoms with E-state index in [1.165, 1.54) is 0 Å². The van der Waals surface area contributed by atoms with Crippen molar-refractivity contribution in [3.05, 3.63) is 27.4 Å². The monoisotopic (exact) mass is 208 g/mol. The molecule has 4 nitrogen and oxygen atoms in total. The van der Waals surface area contributed by atoms with Crippen LogP contribution in [0.25, 0.3) is 0 Å². The van der Waals surface area contributed by atoms with Crippen LogP contribution >= 0.6 is 0 Å². The number of aliphatic hydroxyl groups is 1. The van der Waals surface area contributed by atoms with Gasteiger partial charge in [-0.25, -0.2) is 4.98 Å². The second-order valence-electron chi connectivity index (χ2n) is 4.00. The summed E-state index contributed by atoms with van der Waals surface area (Å²) >= 11 is 0. The number of hydrogen-bond acceptors (Lipinski definition) is 3. The molecular weight excluding hydrogens is 192 g/mol. The Morgan fingerprint density at radius 2 is 2.33 bits per heavy atom. The van der Waals surface area contributed by atoms with E-state index < -0.39 is 6.10 Å². The molecule has 0 fully saturated rings. The summed E-state index contributed by atoms with van der Waals surface area (Å²) in [6.07, 6.45) is 1.68. The number of nitrogens with zero attached hydrogens (tertiary/aromatic N) is 2. The zero-order valence-electron chi connectivity index (χ0n) is 9.16. The molecule has 1 N–H and O–H groups in total. The van der Waals surface area contributed by atoms with Crippen molar-refractivity contribution in [1.82, 2.24) is 9.55 Å². The molecule has 0 spiro atoms. The summed E-state index contributed by atoms with van der Waals surface area (Å²) in [4.78, 5) is 16.4. The highest BCUT2D eigenvalue weighted by Crippen LogP contribution is 2.21. The average Bonchev–Trinajstić information content (AvgIpc) is 2.20. The second kappa shape index (κ2) is 3.77. The first kappa shape index (κ1) is 10.4. The molecule has 2 heterocycles. The van der Waals surface area contributed by atoms with E-state index in [4.69, 9.17) is 0 Å². The van der Waals surface area contributed by atoms with Gasteiger partial charge in [-0.15, -0.1) is 0 Å². The van der Waals surface area contributed by atoms with Crippen molar-refractivity contribution in [3.63, 3.8) is 0 Å². The van der Waals surface area contributed by atoms with E-state index in [0.717, 1.165) is 17.7 Å². The van der Waals surface area contributed by atoms with Crippen LogP contribution in [0.15, 0.2) is 4.79 Å². The first-order chi connectivity index (χ1) is 7.15. The molecule has 1 atom stereocenters. The lowest BCUT2D eigenvalue weighted by Gasteiger charge is -2.23. The van der Waals surface area contributed by atoms with Gasteiger partial charge in [0.15, 0.2) is 0 Å². The Bertz CT molecular complexity index is 437. The maximum atomic E-state index is 12.0. The standard InChI is InChI=1S/C11H16N2O2/c1-3-8-7(2)12-10-9(14)5-4-6-13(10)11(8)15/h9,14H,3-6H2,1-2H3/t9-/m0/s1. The van der Waals surface area contributed by atoms with Crippen LogP contribution in [0.4, 0.5) is 0 Å². The van der Waals surface area contributed by atoms with Gasteiger partial charge in [0, 0.05) is 17.8 Å². The van der Waals surface area contributed by atoms with Crippen LogP contribution in [0, 0.1) is 6.92 Å². The largest absolute Gasteiger partial charge is 0.385 e. The van der Waals surface area contributed by atoms with Crippen molar-refractivity contribution < 1.29 is 5.11 Å². The lowest BCUT2D eigenvalue weighted by Crippen LogP contribution is -2.33. The predicted octanol–water partition coefficient (Wildman–Crippen LogP) is 0.941. The summed E-state index contributed by atoms with van der Waals surface area (Å²) in [5.74, 6) is 0.543. The van der Waals surface area contributed by atoms with Crippen LogP contribution in [-0.4, -0.2) is 14.7 Å². The minimum absolute atomic E-state index is 0.0266. The molecule has 2 rings (SSSR count). The molecule has 1 aliphatic rings. The number of hydrogen-bond donors (Lipinski definition) is 1. The molecule has 82 valence electrons. The highest BCUT2D eigenvalue weighted by Gasteiger charge is 2.22. The third-order valence-electron chi connectivity index (χ3n) is 3.01. The molecule has 0 radical (unpaired) electrons. The van der Waals surface area contributed by atoms with Crippen molar-refractivity contribution in [2.24, 2.45) is 0 Å². The summed E-state index contributed by atoms with van der Waals surface area (Å²) in [5.41, 5.74) is 1.56. The zero-order chi connectivity index (χ0) is 11.0. The topological polar surface area (TPSA) is 55.1 Å². The van der Waals surface area contributed by atoms with E-state index in [0.29, 0.717) is 25.2 Å². The Hall–Kier alpha value is -1.16. The number of aliphatic hydroxyl groups excluding tert-OH is 1. The fourth-order valence-corrected chi connectivity index (χ4v) is 2.17. The Labute approximate surface area is 88.6 Å². The van der Waals surface area contributed by atoms with E-state index in [-0.39, 0.29) is 5.56 Å². The van der Waals surface area contributed by atoms with Gasteiger partial charge in [0.2, 0.25) is 0 Å². The Morgan fingerprint density at radius 3 is 3.00 bits per heavy atom. The van der Waals surface area contributed by atoms with E-state index in [9.17, 15) is 9.90 Å². The van der Waals surface area contributed by atoms with Crippen molar-refractivity contribution in [2.45, 2.75) is 45.8 Å². The van der Waals surface area contributed by atoms with Crippen LogP contribution < -0.4 is 5.56 Å². The molecular formula is C11H16N2O2. The number of rotatable bonds is 1. The lowest BCUT2D eigenvalue weighted by molar-refractivity contribution is 0.130. The normalized spacial score (nSPS) is 20.1. The molecule has 0 unspecified atom stereocenters. The molecule has 15 heavy (non-hydrogen) atoms. The molecule has 0 saturated heterocycles. The van der Waals surface area contributed by atoms with Gasteiger partial charge in [0.25, 0.3) is 5.56 Å². The SMILES string of the molecule is CCc1c(C)nc2n(c1=O)CCC[C@@H]2O. The molecule has 0 amide bonds. The minimum Gasteiger partial charge on any atom is -0.385 e. The molecule has 1 aliphatic heterocycles. The Morgan fingerprint density at radius 1 is 1.60 bits per heavy atom. The van der Waals surface area contributed by atoms with Crippen LogP contribution in [-0.2, 0) is 13.0 Å². The predicted molar refractivity (Wildman–Crippen MR) is 56.8 cm³/mol. The fourth-order valence-electron chi connectivity index (χ4n) is 2.17. The molecule has 0 aromatic carbocycles. The van der Waals surface area contributed by atoms with Crippen LogP contribution in [0.3, 0.4) is 0 Å². The highest BCUT2D eigenvalue weighted by molar-refractivity contribution is 5.19. The average molecular weight is 208 g/mol. The molecule has 1 aromatic rings. The third-order valence-corrected chi connectivity index (χ3v) is 3.01. The van der Waals surface area contributed by atoms with E-state index in [2.05, 4.69) is 4.98 Å². The van der Waals surface area contributed by atoms with Crippen LogP contribution in [0.1, 0.15) is 43.0 Å². The quantitative estimate of drug-likeness (QED) is 0.747. The van der Waals surface area contributed by atoms with Gasteiger partial charge in [-0.1, -0.05) is 6.92 Å². The fraction of sp³-hybridized carbons (Fsp3) is 0.636. The Kier molecular flexibility index (Phi) is 2.61. The smallest absolute Gasteiger partial charge is 0.256 e. The first-order valence-electron chi connectivity index (χ1n) is 5.43. The highest BCUT2D eigenvalue weighted by atomic mass is 16.3. The van der Waals surface area contributed by atoms with E-state index >= 15 is 0 Å². The lowest BCUT2D eigenvalue weighted by atomic mass is 10.1. The van der Waals surface area contributed by atoms with Gasteiger partial charge in [0.1, 0.15) is 11.9 Å². The summed E-state index contributed by atoms with van der Waals surface area (Å²) in [6, 6.07) is 0. The van der Waals surface area contributed by atoms with Crippen LogP contribution in [0.2, 0.25) is 0 Å². The summed E-state index contributed by atoms with van der Waals surface area (Å²) in [7, 11) is 0. The molecule has 0 saturated carbocycles. The van der Waals surface area contributed by atoms with Crippen molar-refractivity contribution in [3.8, 4) is 0 Å². The zero-order valence-corrected chi connectivity index (χ0v) is 9.16. The molecule has 1 aromatic heterocycles. The summed E-state index contributed by atoms with van der Waals surface area (Å²) < 4.78 is 1.62. The van der Waals surface area contributed by atoms with Crippen LogP contribution in [0.5, 0.6) is 0 Å².